The van der Waals surface area contributed by atoms with Crippen LogP contribution in [0.2, 0.25) is 0 Å². The molecule has 100 valence electrons. The van der Waals surface area contributed by atoms with Gasteiger partial charge in [-0.05, 0) is 12.8 Å². The highest BCUT2D eigenvalue weighted by atomic mass is 16.2. The van der Waals surface area contributed by atoms with Crippen LogP contribution >= 0.6 is 0 Å². The zero-order valence-corrected chi connectivity index (χ0v) is 11.0. The van der Waals surface area contributed by atoms with Crippen molar-refractivity contribution in [3.8, 4) is 12.3 Å². The molecule has 0 atom stereocenters. The van der Waals surface area contributed by atoms with Gasteiger partial charge in [-0.3, -0.25) is 9.69 Å². The molecular weight excluding hydrogens is 226 g/mol. The summed E-state index contributed by atoms with van der Waals surface area (Å²) in [4.78, 5) is 14.2. The van der Waals surface area contributed by atoms with Gasteiger partial charge in [0.2, 0.25) is 5.91 Å². The van der Waals surface area contributed by atoms with E-state index >= 15 is 0 Å². The molecule has 0 bridgehead atoms. The molecule has 0 radical (unpaired) electrons. The van der Waals surface area contributed by atoms with Crippen LogP contribution in [0.15, 0.2) is 0 Å². The van der Waals surface area contributed by atoms with Crippen molar-refractivity contribution < 1.29 is 4.79 Å². The molecule has 1 spiro atoms. The van der Waals surface area contributed by atoms with E-state index < -0.39 is 0 Å². The molecule has 2 fully saturated rings. The molecule has 4 nitrogen and oxygen atoms in total. The van der Waals surface area contributed by atoms with Crippen LogP contribution in [-0.2, 0) is 4.79 Å². The fraction of sp³-hybridized carbons (Fsp3) is 0.786. The minimum atomic E-state index is 0.0554. The molecule has 4 heteroatoms. The van der Waals surface area contributed by atoms with E-state index in [-0.39, 0.29) is 11.4 Å². The minimum Gasteiger partial charge on any atom is -0.344 e. The molecule has 1 amide bonds. The van der Waals surface area contributed by atoms with Crippen molar-refractivity contribution in [1.29, 1.82) is 0 Å². The van der Waals surface area contributed by atoms with Crippen molar-refractivity contribution in [2.75, 3.05) is 32.7 Å². The lowest BCUT2D eigenvalue weighted by Crippen LogP contribution is -2.63. The van der Waals surface area contributed by atoms with Crippen LogP contribution in [0.5, 0.6) is 0 Å². The first-order valence-electron chi connectivity index (χ1n) is 6.93. The maximum atomic E-state index is 11.8. The Morgan fingerprint density at radius 3 is 2.89 bits per heavy atom. The van der Waals surface area contributed by atoms with Crippen molar-refractivity contribution in [3.05, 3.63) is 0 Å². The van der Waals surface area contributed by atoms with Gasteiger partial charge in [0.15, 0.2) is 0 Å². The second-order valence-electron chi connectivity index (χ2n) is 5.36. The van der Waals surface area contributed by atoms with Gasteiger partial charge in [-0.15, -0.1) is 6.42 Å². The Morgan fingerprint density at radius 2 is 2.17 bits per heavy atom. The van der Waals surface area contributed by atoms with E-state index in [1.807, 2.05) is 0 Å². The number of rotatable bonds is 3. The topological polar surface area (TPSA) is 44.4 Å². The van der Waals surface area contributed by atoms with E-state index in [0.717, 1.165) is 19.6 Å². The molecule has 0 unspecified atom stereocenters. The molecule has 2 N–H and O–H groups in total. The van der Waals surface area contributed by atoms with Gasteiger partial charge < -0.3 is 10.6 Å². The van der Waals surface area contributed by atoms with Gasteiger partial charge in [-0.2, -0.15) is 0 Å². The number of carbonyl (C=O) groups excluding carboxylic acids is 1. The molecular formula is C14H23N3O. The lowest BCUT2D eigenvalue weighted by atomic mass is 9.79. The summed E-state index contributed by atoms with van der Waals surface area (Å²) in [5, 5.41) is 6.25. The summed E-state index contributed by atoms with van der Waals surface area (Å²) in [6.07, 6.45) is 11.5. The quantitative estimate of drug-likeness (QED) is 0.709. The van der Waals surface area contributed by atoms with E-state index in [2.05, 4.69) is 21.5 Å². The smallest absolute Gasteiger partial charge is 0.234 e. The fourth-order valence-electron chi connectivity index (χ4n) is 3.21. The SMILES string of the molecule is C#CCNC(=O)CN1CCNCC12CCCCC2. The van der Waals surface area contributed by atoms with Gasteiger partial charge >= 0.3 is 0 Å². The van der Waals surface area contributed by atoms with Gasteiger partial charge in [-0.25, -0.2) is 0 Å². The van der Waals surface area contributed by atoms with Gasteiger partial charge in [0.1, 0.15) is 0 Å². The van der Waals surface area contributed by atoms with Crippen LogP contribution < -0.4 is 10.6 Å². The molecule has 1 saturated heterocycles. The molecule has 1 heterocycles. The highest BCUT2D eigenvalue weighted by molar-refractivity contribution is 5.78. The van der Waals surface area contributed by atoms with E-state index in [0.29, 0.717) is 13.1 Å². The Bertz CT molecular complexity index is 320. The summed E-state index contributed by atoms with van der Waals surface area (Å²) in [7, 11) is 0. The third-order valence-electron chi connectivity index (χ3n) is 4.19. The van der Waals surface area contributed by atoms with E-state index in [9.17, 15) is 4.79 Å². The first-order valence-corrected chi connectivity index (χ1v) is 6.93. The number of piperazine rings is 1. The van der Waals surface area contributed by atoms with Crippen LogP contribution in [0.4, 0.5) is 0 Å². The van der Waals surface area contributed by atoms with Crippen molar-refractivity contribution >= 4 is 5.91 Å². The average Bonchev–Trinajstić information content (AvgIpc) is 2.40. The van der Waals surface area contributed by atoms with E-state index in [1.54, 1.807) is 0 Å². The molecule has 0 aromatic heterocycles. The Labute approximate surface area is 109 Å². The zero-order chi connectivity index (χ0) is 12.8. The van der Waals surface area contributed by atoms with E-state index in [4.69, 9.17) is 6.42 Å². The number of hydrogen-bond donors (Lipinski definition) is 2. The van der Waals surface area contributed by atoms with Crippen molar-refractivity contribution in [1.82, 2.24) is 15.5 Å². The van der Waals surface area contributed by atoms with Crippen LogP contribution in [0.3, 0.4) is 0 Å². The first kappa shape index (κ1) is 13.4. The maximum Gasteiger partial charge on any atom is 0.234 e. The molecule has 18 heavy (non-hydrogen) atoms. The van der Waals surface area contributed by atoms with Crippen molar-refractivity contribution in [3.63, 3.8) is 0 Å². The normalized spacial score (nSPS) is 23.5. The number of nitrogens with zero attached hydrogens (tertiary/aromatic N) is 1. The molecule has 0 aromatic rings. The van der Waals surface area contributed by atoms with Crippen molar-refractivity contribution in [2.24, 2.45) is 0 Å². The largest absolute Gasteiger partial charge is 0.344 e. The third-order valence-corrected chi connectivity index (χ3v) is 4.19. The van der Waals surface area contributed by atoms with E-state index in [1.165, 1.54) is 32.1 Å². The van der Waals surface area contributed by atoms with Crippen molar-refractivity contribution in [2.45, 2.75) is 37.6 Å². The molecule has 2 rings (SSSR count). The summed E-state index contributed by atoms with van der Waals surface area (Å²) in [5.41, 5.74) is 0.212. The second-order valence-corrected chi connectivity index (χ2v) is 5.36. The van der Waals surface area contributed by atoms with Gasteiger partial charge in [0.05, 0.1) is 13.1 Å². The summed E-state index contributed by atoms with van der Waals surface area (Å²) in [6, 6.07) is 0. The van der Waals surface area contributed by atoms with Crippen LogP contribution in [0.1, 0.15) is 32.1 Å². The number of amides is 1. The van der Waals surface area contributed by atoms with Gasteiger partial charge in [0.25, 0.3) is 0 Å². The van der Waals surface area contributed by atoms with Crippen LogP contribution in [0, 0.1) is 12.3 Å². The molecule has 1 aliphatic heterocycles. The van der Waals surface area contributed by atoms with Crippen LogP contribution in [0.25, 0.3) is 0 Å². The predicted octanol–water partition coefficient (Wildman–Crippen LogP) is 0.344. The lowest BCUT2D eigenvalue weighted by molar-refractivity contribution is -0.124. The van der Waals surface area contributed by atoms with Gasteiger partial charge in [0, 0.05) is 25.2 Å². The highest BCUT2D eigenvalue weighted by Crippen LogP contribution is 2.34. The fourth-order valence-corrected chi connectivity index (χ4v) is 3.21. The second kappa shape index (κ2) is 6.21. The lowest BCUT2D eigenvalue weighted by Gasteiger charge is -2.49. The molecule has 2 aliphatic rings. The Morgan fingerprint density at radius 1 is 1.39 bits per heavy atom. The highest BCUT2D eigenvalue weighted by Gasteiger charge is 2.40. The minimum absolute atomic E-state index is 0.0554. The zero-order valence-electron chi connectivity index (χ0n) is 11.0. The third kappa shape index (κ3) is 3.04. The number of terminal acetylenes is 1. The summed E-state index contributed by atoms with van der Waals surface area (Å²) < 4.78 is 0. The Hall–Kier alpha value is -1.05. The Balaban J connectivity index is 1.95. The van der Waals surface area contributed by atoms with Gasteiger partial charge in [-0.1, -0.05) is 25.2 Å². The molecule has 0 aromatic carbocycles. The average molecular weight is 249 g/mol. The number of hydrogen-bond acceptors (Lipinski definition) is 3. The monoisotopic (exact) mass is 249 g/mol. The maximum absolute atomic E-state index is 11.8. The number of nitrogens with one attached hydrogen (secondary N) is 2. The standard InChI is InChI=1S/C14H23N3O/c1-2-8-16-13(18)11-17-10-9-15-12-14(17)6-4-3-5-7-14/h1,15H,3-12H2,(H,16,18). The van der Waals surface area contributed by atoms with Crippen LogP contribution in [-0.4, -0.2) is 49.1 Å². The number of carbonyl (C=O) groups is 1. The first-order chi connectivity index (χ1) is 8.77. The summed E-state index contributed by atoms with van der Waals surface area (Å²) in [6.45, 7) is 3.78. The summed E-state index contributed by atoms with van der Waals surface area (Å²) in [5.74, 6) is 2.50. The molecule has 1 saturated carbocycles. The summed E-state index contributed by atoms with van der Waals surface area (Å²) >= 11 is 0. The predicted molar refractivity (Wildman–Crippen MR) is 72.1 cm³/mol. The molecule has 1 aliphatic carbocycles. The Kier molecular flexibility index (Phi) is 4.62.